The zero-order chi connectivity index (χ0) is 13.1. The average Bonchev–Trinajstić information content (AvgIpc) is 2.34. The number of nitrogens with zero attached hydrogens (tertiary/aromatic N) is 1. The second-order valence-corrected chi connectivity index (χ2v) is 4.79. The van der Waals surface area contributed by atoms with Gasteiger partial charge in [0.25, 0.3) is 0 Å². The second kappa shape index (κ2) is 5.65. The van der Waals surface area contributed by atoms with Gasteiger partial charge in [0.15, 0.2) is 11.6 Å². The summed E-state index contributed by atoms with van der Waals surface area (Å²) >= 11 is 9.06. The van der Waals surface area contributed by atoms with E-state index in [-0.39, 0.29) is 23.3 Å². The molecule has 0 fully saturated rings. The number of aliphatic hydroxyl groups excluding tert-OH is 1. The minimum atomic E-state index is -0.520. The molecule has 0 radical (unpaired) electrons. The SMILES string of the molecule is OCc1cnc(Oc2ccc(Br)cc2F)c(Cl)c1. The number of ether oxygens (including phenoxy) is 1. The van der Waals surface area contributed by atoms with Gasteiger partial charge in [-0.3, -0.25) is 0 Å². The summed E-state index contributed by atoms with van der Waals surface area (Å²) in [5.41, 5.74) is 0.559. The molecule has 2 aromatic rings. The summed E-state index contributed by atoms with van der Waals surface area (Å²) in [7, 11) is 0. The Morgan fingerprint density at radius 3 is 2.78 bits per heavy atom. The molecule has 1 aromatic carbocycles. The van der Waals surface area contributed by atoms with Crippen LogP contribution in [0.2, 0.25) is 5.02 Å². The van der Waals surface area contributed by atoms with Crippen molar-refractivity contribution in [1.82, 2.24) is 4.98 Å². The number of aromatic nitrogens is 1. The number of pyridine rings is 1. The summed E-state index contributed by atoms with van der Waals surface area (Å²) in [6.45, 7) is -0.167. The van der Waals surface area contributed by atoms with Crippen molar-refractivity contribution in [2.24, 2.45) is 0 Å². The predicted molar refractivity (Wildman–Crippen MR) is 69.3 cm³/mol. The molecule has 0 aliphatic carbocycles. The Bertz CT molecular complexity index is 580. The summed E-state index contributed by atoms with van der Waals surface area (Å²) in [4.78, 5) is 3.92. The van der Waals surface area contributed by atoms with Gasteiger partial charge >= 0.3 is 0 Å². The van der Waals surface area contributed by atoms with E-state index in [9.17, 15) is 4.39 Å². The molecule has 0 saturated carbocycles. The summed E-state index contributed by atoms with van der Waals surface area (Å²) in [5, 5.41) is 9.12. The first-order valence-electron chi connectivity index (χ1n) is 4.98. The molecule has 0 aliphatic heterocycles. The van der Waals surface area contributed by atoms with Gasteiger partial charge in [0.2, 0.25) is 5.88 Å². The van der Waals surface area contributed by atoms with Crippen molar-refractivity contribution in [2.75, 3.05) is 0 Å². The van der Waals surface area contributed by atoms with Crippen molar-refractivity contribution in [3.8, 4) is 11.6 Å². The molecule has 3 nitrogen and oxygen atoms in total. The highest BCUT2D eigenvalue weighted by molar-refractivity contribution is 9.10. The zero-order valence-corrected chi connectivity index (χ0v) is 11.4. The first-order chi connectivity index (χ1) is 8.60. The fraction of sp³-hybridized carbons (Fsp3) is 0.0833. The van der Waals surface area contributed by atoms with Gasteiger partial charge in [0, 0.05) is 10.7 Å². The molecular formula is C12H8BrClFNO2. The van der Waals surface area contributed by atoms with E-state index in [1.54, 1.807) is 6.07 Å². The number of benzene rings is 1. The Hall–Kier alpha value is -1.17. The molecule has 1 aromatic heterocycles. The highest BCUT2D eigenvalue weighted by Gasteiger charge is 2.10. The van der Waals surface area contributed by atoms with Crippen molar-refractivity contribution in [1.29, 1.82) is 0 Å². The van der Waals surface area contributed by atoms with Crippen LogP contribution >= 0.6 is 27.5 Å². The van der Waals surface area contributed by atoms with E-state index in [1.165, 1.54) is 24.4 Å². The first kappa shape index (κ1) is 13.3. The monoisotopic (exact) mass is 331 g/mol. The molecule has 1 N–H and O–H groups in total. The van der Waals surface area contributed by atoms with Crippen LogP contribution in [0.5, 0.6) is 11.6 Å². The first-order valence-corrected chi connectivity index (χ1v) is 6.15. The number of rotatable bonds is 3. The summed E-state index contributed by atoms with van der Waals surface area (Å²) < 4.78 is 19.4. The third kappa shape index (κ3) is 2.98. The van der Waals surface area contributed by atoms with Crippen LogP contribution in [-0.2, 0) is 6.61 Å². The lowest BCUT2D eigenvalue weighted by atomic mass is 10.3. The summed E-state index contributed by atoms with van der Waals surface area (Å²) in [6, 6.07) is 5.91. The molecule has 1 heterocycles. The molecule has 0 unspecified atom stereocenters. The molecule has 0 atom stereocenters. The highest BCUT2D eigenvalue weighted by atomic mass is 79.9. The topological polar surface area (TPSA) is 42.4 Å². The Kier molecular flexibility index (Phi) is 4.16. The van der Waals surface area contributed by atoms with E-state index in [4.69, 9.17) is 21.4 Å². The number of aliphatic hydroxyl groups is 1. The highest BCUT2D eigenvalue weighted by Crippen LogP contribution is 2.30. The van der Waals surface area contributed by atoms with E-state index < -0.39 is 5.82 Å². The molecule has 2 rings (SSSR count). The Balaban J connectivity index is 2.28. The van der Waals surface area contributed by atoms with Gasteiger partial charge in [-0.2, -0.15) is 0 Å². The average molecular weight is 333 g/mol. The van der Waals surface area contributed by atoms with Crippen LogP contribution in [-0.4, -0.2) is 10.1 Å². The molecule has 0 saturated heterocycles. The molecule has 0 spiro atoms. The molecule has 94 valence electrons. The normalized spacial score (nSPS) is 10.4. The molecule has 18 heavy (non-hydrogen) atoms. The molecule has 0 aliphatic rings. The Morgan fingerprint density at radius 2 is 2.17 bits per heavy atom. The maximum atomic E-state index is 13.5. The number of hydrogen-bond donors (Lipinski definition) is 1. The maximum Gasteiger partial charge on any atom is 0.238 e. The van der Waals surface area contributed by atoms with E-state index >= 15 is 0 Å². The predicted octanol–water partition coefficient (Wildman–Crippen LogP) is 3.92. The fourth-order valence-electron chi connectivity index (χ4n) is 1.29. The standard InChI is InChI=1S/C12H8BrClFNO2/c13-8-1-2-11(10(15)4-8)18-12-9(14)3-7(6-17)5-16-12/h1-5,17H,6H2. The van der Waals surface area contributed by atoms with Crippen LogP contribution in [0.1, 0.15) is 5.56 Å². The van der Waals surface area contributed by atoms with Crippen LogP contribution in [0.3, 0.4) is 0 Å². The quantitative estimate of drug-likeness (QED) is 0.926. The van der Waals surface area contributed by atoms with Crippen LogP contribution in [0.15, 0.2) is 34.9 Å². The zero-order valence-electron chi connectivity index (χ0n) is 9.03. The lowest BCUT2D eigenvalue weighted by Crippen LogP contribution is -1.94. The molecule has 0 amide bonds. The van der Waals surface area contributed by atoms with Gasteiger partial charge in [-0.15, -0.1) is 0 Å². The molecule has 6 heteroatoms. The van der Waals surface area contributed by atoms with Gasteiger partial charge in [0.1, 0.15) is 5.02 Å². The summed E-state index contributed by atoms with van der Waals surface area (Å²) in [6.07, 6.45) is 1.41. The minimum Gasteiger partial charge on any atom is -0.434 e. The lowest BCUT2D eigenvalue weighted by Gasteiger charge is -2.08. The summed E-state index contributed by atoms with van der Waals surface area (Å²) in [5.74, 6) is -0.395. The minimum absolute atomic E-state index is 0.0318. The van der Waals surface area contributed by atoms with Crippen molar-refractivity contribution in [3.05, 3.63) is 51.3 Å². The fourth-order valence-corrected chi connectivity index (χ4v) is 1.85. The molecular weight excluding hydrogens is 324 g/mol. The van der Waals surface area contributed by atoms with Gasteiger partial charge in [-0.05, 0) is 29.8 Å². The second-order valence-electron chi connectivity index (χ2n) is 3.47. The van der Waals surface area contributed by atoms with Crippen molar-refractivity contribution < 1.29 is 14.2 Å². The largest absolute Gasteiger partial charge is 0.434 e. The Morgan fingerprint density at radius 1 is 1.39 bits per heavy atom. The van der Waals surface area contributed by atoms with E-state index in [2.05, 4.69) is 20.9 Å². The van der Waals surface area contributed by atoms with Gasteiger partial charge in [-0.1, -0.05) is 27.5 Å². The van der Waals surface area contributed by atoms with E-state index in [0.717, 1.165) is 0 Å². The van der Waals surface area contributed by atoms with E-state index in [0.29, 0.717) is 10.0 Å². The lowest BCUT2D eigenvalue weighted by molar-refractivity contribution is 0.281. The number of hydrogen-bond acceptors (Lipinski definition) is 3. The van der Waals surface area contributed by atoms with Crippen LogP contribution in [0.25, 0.3) is 0 Å². The van der Waals surface area contributed by atoms with Crippen LogP contribution in [0, 0.1) is 5.82 Å². The van der Waals surface area contributed by atoms with Crippen molar-refractivity contribution in [2.45, 2.75) is 6.61 Å². The third-order valence-corrected chi connectivity index (χ3v) is 2.91. The van der Waals surface area contributed by atoms with Gasteiger partial charge in [0.05, 0.1) is 6.61 Å². The maximum absolute atomic E-state index is 13.5. The van der Waals surface area contributed by atoms with Crippen molar-refractivity contribution >= 4 is 27.5 Å². The number of halogens is 3. The van der Waals surface area contributed by atoms with E-state index in [1.807, 2.05) is 0 Å². The Labute approximate surface area is 116 Å². The van der Waals surface area contributed by atoms with Crippen LogP contribution in [0.4, 0.5) is 4.39 Å². The van der Waals surface area contributed by atoms with Gasteiger partial charge in [-0.25, -0.2) is 9.37 Å². The smallest absolute Gasteiger partial charge is 0.238 e. The molecule has 0 bridgehead atoms. The van der Waals surface area contributed by atoms with Gasteiger partial charge < -0.3 is 9.84 Å². The third-order valence-electron chi connectivity index (χ3n) is 2.15. The van der Waals surface area contributed by atoms with Crippen molar-refractivity contribution in [3.63, 3.8) is 0 Å². The van der Waals surface area contributed by atoms with Crippen LogP contribution < -0.4 is 4.74 Å².